The first-order chi connectivity index (χ1) is 15.3. The lowest BCUT2D eigenvalue weighted by molar-refractivity contribution is -0.115. The zero-order valence-electron chi connectivity index (χ0n) is 16.9. The van der Waals surface area contributed by atoms with Crippen molar-refractivity contribution >= 4 is 17.7 Å². The third kappa shape index (κ3) is 3.98. The first-order valence-electron chi connectivity index (χ1n) is 10.1. The number of ether oxygens (including phenoxy) is 1. The molecule has 5 heteroatoms. The van der Waals surface area contributed by atoms with Gasteiger partial charge in [0.2, 0.25) is 0 Å². The summed E-state index contributed by atoms with van der Waals surface area (Å²) in [5.74, 6) is 0.708. The normalized spacial score (nSPS) is 12.5. The van der Waals surface area contributed by atoms with Crippen LogP contribution in [0.2, 0.25) is 0 Å². The van der Waals surface area contributed by atoms with Crippen molar-refractivity contribution in [2.45, 2.75) is 6.54 Å². The lowest BCUT2D eigenvalue weighted by atomic mass is 10.0. The SMILES string of the molecule is O=C(C1=Cc2ccccc2OC1)N(Cc1cnc[nH]1)c1cccc(-c2ccccc2)c1. The van der Waals surface area contributed by atoms with Crippen LogP contribution in [0.3, 0.4) is 0 Å². The number of hydrogen-bond acceptors (Lipinski definition) is 3. The molecule has 0 spiro atoms. The largest absolute Gasteiger partial charge is 0.488 e. The van der Waals surface area contributed by atoms with Crippen LogP contribution in [0.25, 0.3) is 17.2 Å². The fraction of sp³-hybridized carbons (Fsp3) is 0.0769. The summed E-state index contributed by atoms with van der Waals surface area (Å²) >= 11 is 0. The molecular weight excluding hydrogens is 386 g/mol. The molecule has 1 amide bonds. The van der Waals surface area contributed by atoms with Gasteiger partial charge in [0.15, 0.2) is 0 Å². The van der Waals surface area contributed by atoms with E-state index in [9.17, 15) is 4.79 Å². The van der Waals surface area contributed by atoms with Gasteiger partial charge in [0.25, 0.3) is 5.91 Å². The van der Waals surface area contributed by atoms with Crippen molar-refractivity contribution in [3.63, 3.8) is 0 Å². The Morgan fingerprint density at radius 2 is 1.77 bits per heavy atom. The van der Waals surface area contributed by atoms with Crippen LogP contribution in [0, 0.1) is 0 Å². The van der Waals surface area contributed by atoms with E-state index in [2.05, 4.69) is 28.2 Å². The summed E-state index contributed by atoms with van der Waals surface area (Å²) < 4.78 is 5.84. The van der Waals surface area contributed by atoms with Gasteiger partial charge < -0.3 is 14.6 Å². The first kappa shape index (κ1) is 18.9. The third-order valence-electron chi connectivity index (χ3n) is 5.30. The van der Waals surface area contributed by atoms with Gasteiger partial charge >= 0.3 is 0 Å². The minimum absolute atomic E-state index is 0.0886. The quantitative estimate of drug-likeness (QED) is 0.502. The van der Waals surface area contributed by atoms with Gasteiger partial charge in [0, 0.05) is 17.4 Å². The number of H-pyrrole nitrogens is 1. The van der Waals surface area contributed by atoms with E-state index < -0.39 is 0 Å². The van der Waals surface area contributed by atoms with Gasteiger partial charge in [-0.25, -0.2) is 4.98 Å². The van der Waals surface area contributed by atoms with Crippen LogP contribution in [-0.2, 0) is 11.3 Å². The molecule has 4 aromatic rings. The topological polar surface area (TPSA) is 58.2 Å². The van der Waals surface area contributed by atoms with Crippen molar-refractivity contribution in [3.8, 4) is 16.9 Å². The van der Waals surface area contributed by atoms with E-state index in [1.807, 2.05) is 66.7 Å². The standard InChI is InChI=1S/C26H21N3O2/c30-26(22-13-21-9-4-5-12-25(21)31-17-22)29(16-23-15-27-18-28-23)24-11-6-10-20(14-24)19-7-2-1-3-8-19/h1-15,18H,16-17H2,(H,27,28). The second kappa shape index (κ2) is 8.32. The second-order valence-electron chi connectivity index (χ2n) is 7.38. The Kier molecular flexibility index (Phi) is 5.07. The summed E-state index contributed by atoms with van der Waals surface area (Å²) in [6.07, 6.45) is 5.28. The van der Waals surface area contributed by atoms with Crippen molar-refractivity contribution in [2.75, 3.05) is 11.5 Å². The van der Waals surface area contributed by atoms with Gasteiger partial charge in [-0.05, 0) is 35.4 Å². The summed E-state index contributed by atoms with van der Waals surface area (Å²) in [5, 5.41) is 0. The molecule has 0 unspecified atom stereocenters. The maximum Gasteiger partial charge on any atom is 0.258 e. The second-order valence-corrected chi connectivity index (χ2v) is 7.38. The summed E-state index contributed by atoms with van der Waals surface area (Å²) in [6.45, 7) is 0.629. The number of rotatable bonds is 5. The Bertz CT molecular complexity index is 1230. The highest BCUT2D eigenvalue weighted by Crippen LogP contribution is 2.30. The van der Waals surface area contributed by atoms with Crippen LogP contribution < -0.4 is 9.64 Å². The van der Waals surface area contributed by atoms with Crippen LogP contribution >= 0.6 is 0 Å². The number of carbonyl (C=O) groups excluding carboxylic acids is 1. The van der Waals surface area contributed by atoms with E-state index in [1.165, 1.54) is 0 Å². The van der Waals surface area contributed by atoms with Gasteiger partial charge in [0.1, 0.15) is 12.4 Å². The third-order valence-corrected chi connectivity index (χ3v) is 5.30. The van der Waals surface area contributed by atoms with Crippen molar-refractivity contribution in [1.29, 1.82) is 0 Å². The summed E-state index contributed by atoms with van der Waals surface area (Å²) in [7, 11) is 0. The van der Waals surface area contributed by atoms with E-state index in [0.717, 1.165) is 33.8 Å². The minimum atomic E-state index is -0.0886. The van der Waals surface area contributed by atoms with Crippen molar-refractivity contribution in [1.82, 2.24) is 9.97 Å². The van der Waals surface area contributed by atoms with Crippen LogP contribution in [-0.4, -0.2) is 22.5 Å². The lowest BCUT2D eigenvalue weighted by Gasteiger charge is -2.26. The van der Waals surface area contributed by atoms with E-state index in [4.69, 9.17) is 4.74 Å². The molecule has 2 heterocycles. The Balaban J connectivity index is 1.52. The van der Waals surface area contributed by atoms with Crippen molar-refractivity contribution < 1.29 is 9.53 Å². The predicted octanol–water partition coefficient (Wildman–Crippen LogP) is 5.09. The van der Waals surface area contributed by atoms with Gasteiger partial charge in [-0.15, -0.1) is 0 Å². The zero-order valence-corrected chi connectivity index (χ0v) is 16.9. The molecular formula is C26H21N3O2. The molecule has 31 heavy (non-hydrogen) atoms. The number of anilines is 1. The van der Waals surface area contributed by atoms with Crippen LogP contribution in [0.15, 0.2) is 97.0 Å². The Labute approximate surface area is 180 Å². The minimum Gasteiger partial charge on any atom is -0.488 e. The van der Waals surface area contributed by atoms with Crippen molar-refractivity contribution in [3.05, 3.63) is 108 Å². The smallest absolute Gasteiger partial charge is 0.258 e. The maximum absolute atomic E-state index is 13.6. The Morgan fingerprint density at radius 3 is 2.61 bits per heavy atom. The van der Waals surface area contributed by atoms with E-state index in [-0.39, 0.29) is 12.5 Å². The molecule has 0 fully saturated rings. The average molecular weight is 407 g/mol. The molecule has 0 aliphatic carbocycles. The molecule has 0 saturated carbocycles. The summed E-state index contributed by atoms with van der Waals surface area (Å²) in [6, 6.07) is 25.9. The molecule has 152 valence electrons. The predicted molar refractivity (Wildman–Crippen MR) is 122 cm³/mol. The number of aromatic amines is 1. The van der Waals surface area contributed by atoms with E-state index in [1.54, 1.807) is 17.4 Å². The molecule has 1 aliphatic rings. The number of benzene rings is 3. The number of amides is 1. The molecule has 0 radical (unpaired) electrons. The summed E-state index contributed by atoms with van der Waals surface area (Å²) in [5.41, 5.74) is 5.36. The van der Waals surface area contributed by atoms with Gasteiger partial charge in [0.05, 0.1) is 24.1 Å². The van der Waals surface area contributed by atoms with E-state index >= 15 is 0 Å². The molecule has 5 nitrogen and oxygen atoms in total. The fourth-order valence-corrected chi connectivity index (χ4v) is 3.72. The molecule has 0 bridgehead atoms. The molecule has 1 aliphatic heterocycles. The van der Waals surface area contributed by atoms with Gasteiger partial charge in [-0.3, -0.25) is 4.79 Å². The number of aromatic nitrogens is 2. The van der Waals surface area contributed by atoms with Crippen molar-refractivity contribution in [2.24, 2.45) is 0 Å². The van der Waals surface area contributed by atoms with Gasteiger partial charge in [-0.1, -0.05) is 60.7 Å². The maximum atomic E-state index is 13.6. The van der Waals surface area contributed by atoms with Crippen LogP contribution in [0.5, 0.6) is 5.75 Å². The molecule has 1 aromatic heterocycles. The van der Waals surface area contributed by atoms with E-state index in [0.29, 0.717) is 12.1 Å². The number of para-hydroxylation sites is 1. The average Bonchev–Trinajstić information content (AvgIpc) is 3.36. The summed E-state index contributed by atoms with van der Waals surface area (Å²) in [4.78, 5) is 22.6. The molecule has 5 rings (SSSR count). The van der Waals surface area contributed by atoms with Crippen LogP contribution in [0.4, 0.5) is 5.69 Å². The molecule has 0 atom stereocenters. The highest BCUT2D eigenvalue weighted by molar-refractivity contribution is 6.09. The fourth-order valence-electron chi connectivity index (χ4n) is 3.72. The Morgan fingerprint density at radius 1 is 0.968 bits per heavy atom. The number of imidazole rings is 1. The number of carbonyl (C=O) groups is 1. The number of nitrogens with zero attached hydrogens (tertiary/aromatic N) is 2. The molecule has 0 saturated heterocycles. The number of fused-ring (bicyclic) bond motifs is 1. The zero-order chi connectivity index (χ0) is 21.0. The molecule has 1 N–H and O–H groups in total. The Hall–Kier alpha value is -4.12. The number of nitrogens with one attached hydrogen (secondary N) is 1. The highest BCUT2D eigenvalue weighted by Gasteiger charge is 2.24. The van der Waals surface area contributed by atoms with Crippen LogP contribution in [0.1, 0.15) is 11.3 Å². The number of hydrogen-bond donors (Lipinski definition) is 1. The lowest BCUT2D eigenvalue weighted by Crippen LogP contribution is -2.34. The first-order valence-corrected chi connectivity index (χ1v) is 10.1. The van der Waals surface area contributed by atoms with Gasteiger partial charge in [-0.2, -0.15) is 0 Å². The molecule has 3 aromatic carbocycles. The monoisotopic (exact) mass is 407 g/mol. The highest BCUT2D eigenvalue weighted by atomic mass is 16.5.